The summed E-state index contributed by atoms with van der Waals surface area (Å²) >= 11 is 3.64. The molecule has 2 rings (SSSR count). The summed E-state index contributed by atoms with van der Waals surface area (Å²) in [5.74, 6) is 0. The fourth-order valence-corrected chi connectivity index (χ4v) is 3.33. The summed E-state index contributed by atoms with van der Waals surface area (Å²) in [6, 6.07) is 6.85. The molecule has 1 heterocycles. The van der Waals surface area contributed by atoms with E-state index in [1.165, 1.54) is 44.3 Å². The lowest BCUT2D eigenvalue weighted by Crippen LogP contribution is -2.39. The summed E-state index contributed by atoms with van der Waals surface area (Å²) in [6.45, 7) is 3.44. The molecule has 1 aliphatic rings. The lowest BCUT2D eigenvalue weighted by molar-refractivity contribution is 0.434. The maximum Gasteiger partial charge on any atom is 0.0514 e. The molecule has 17 heavy (non-hydrogen) atoms. The molecular weight excluding hydrogens is 276 g/mol. The summed E-state index contributed by atoms with van der Waals surface area (Å²) in [6.07, 6.45) is 6.54. The van der Waals surface area contributed by atoms with Crippen LogP contribution in [0.3, 0.4) is 0 Å². The van der Waals surface area contributed by atoms with Gasteiger partial charge in [-0.2, -0.15) is 0 Å². The molecule has 0 amide bonds. The van der Waals surface area contributed by atoms with E-state index in [1.54, 1.807) is 0 Å². The highest BCUT2D eigenvalue weighted by atomic mass is 79.9. The van der Waals surface area contributed by atoms with Gasteiger partial charge >= 0.3 is 0 Å². The second-order valence-electron chi connectivity index (χ2n) is 4.84. The highest BCUT2D eigenvalue weighted by molar-refractivity contribution is 9.10. The van der Waals surface area contributed by atoms with Gasteiger partial charge in [0.1, 0.15) is 0 Å². The zero-order valence-corrected chi connectivity index (χ0v) is 12.0. The Morgan fingerprint density at radius 2 is 2.24 bits per heavy atom. The number of piperidine rings is 1. The zero-order chi connectivity index (χ0) is 12.3. The predicted octanol–water partition coefficient (Wildman–Crippen LogP) is 4.19. The molecule has 1 fully saturated rings. The average molecular weight is 297 g/mol. The molecule has 94 valence electrons. The quantitative estimate of drug-likeness (QED) is 0.848. The number of halogens is 1. The number of rotatable bonds is 3. The van der Waals surface area contributed by atoms with Gasteiger partial charge in [0, 0.05) is 22.7 Å². The molecule has 1 aliphatic heterocycles. The molecule has 1 aromatic carbocycles. The molecular formula is C14H21BrN2. The van der Waals surface area contributed by atoms with Crippen molar-refractivity contribution in [1.29, 1.82) is 0 Å². The molecule has 2 N–H and O–H groups in total. The van der Waals surface area contributed by atoms with E-state index in [1.807, 2.05) is 12.1 Å². The monoisotopic (exact) mass is 296 g/mol. The maximum absolute atomic E-state index is 5.80. The Hall–Kier alpha value is -0.700. The summed E-state index contributed by atoms with van der Waals surface area (Å²) in [4.78, 5) is 2.55. The second-order valence-corrected chi connectivity index (χ2v) is 5.70. The SMILES string of the molecule is CCCC1CCCCN1c1ccc(N)cc1Br. The van der Waals surface area contributed by atoms with Crippen LogP contribution in [0.15, 0.2) is 22.7 Å². The van der Waals surface area contributed by atoms with Gasteiger partial charge in [0.15, 0.2) is 0 Å². The number of hydrogen-bond acceptors (Lipinski definition) is 2. The van der Waals surface area contributed by atoms with Crippen LogP contribution in [0.5, 0.6) is 0 Å². The first kappa shape index (κ1) is 12.7. The van der Waals surface area contributed by atoms with E-state index in [2.05, 4.69) is 33.8 Å². The first-order chi connectivity index (χ1) is 8.22. The Labute approximate surface area is 112 Å². The topological polar surface area (TPSA) is 29.3 Å². The van der Waals surface area contributed by atoms with Gasteiger partial charge in [-0.25, -0.2) is 0 Å². The number of nitrogen functional groups attached to an aromatic ring is 1. The smallest absolute Gasteiger partial charge is 0.0514 e. The average Bonchev–Trinajstić information content (AvgIpc) is 2.31. The molecule has 0 aromatic heterocycles. The van der Waals surface area contributed by atoms with E-state index in [-0.39, 0.29) is 0 Å². The van der Waals surface area contributed by atoms with Crippen LogP contribution >= 0.6 is 15.9 Å². The first-order valence-corrected chi connectivity index (χ1v) is 7.33. The van der Waals surface area contributed by atoms with Gasteiger partial charge in [-0.1, -0.05) is 13.3 Å². The van der Waals surface area contributed by atoms with Gasteiger partial charge in [0.25, 0.3) is 0 Å². The lowest BCUT2D eigenvalue weighted by Gasteiger charge is -2.38. The van der Waals surface area contributed by atoms with E-state index in [0.29, 0.717) is 6.04 Å². The molecule has 0 bridgehead atoms. The molecule has 0 spiro atoms. The van der Waals surface area contributed by atoms with Crippen LogP contribution in [0.1, 0.15) is 39.0 Å². The van der Waals surface area contributed by atoms with Crippen LogP contribution in [0, 0.1) is 0 Å². The minimum Gasteiger partial charge on any atom is -0.399 e. The van der Waals surface area contributed by atoms with Gasteiger partial charge in [-0.3, -0.25) is 0 Å². The zero-order valence-electron chi connectivity index (χ0n) is 10.5. The van der Waals surface area contributed by atoms with Crippen molar-refractivity contribution in [3.63, 3.8) is 0 Å². The molecule has 0 saturated carbocycles. The van der Waals surface area contributed by atoms with Crippen molar-refractivity contribution in [1.82, 2.24) is 0 Å². The van der Waals surface area contributed by atoms with E-state index < -0.39 is 0 Å². The standard InChI is InChI=1S/C14H21BrN2/c1-2-5-12-6-3-4-9-17(12)14-8-7-11(16)10-13(14)15/h7-8,10,12H,2-6,9,16H2,1H3. The molecule has 1 unspecified atom stereocenters. The molecule has 1 aromatic rings. The number of hydrogen-bond donors (Lipinski definition) is 1. The van der Waals surface area contributed by atoms with Crippen LogP contribution in [0.4, 0.5) is 11.4 Å². The molecule has 0 radical (unpaired) electrons. The number of anilines is 2. The molecule has 1 atom stereocenters. The van der Waals surface area contributed by atoms with Crippen LogP contribution in [0.25, 0.3) is 0 Å². The Morgan fingerprint density at radius 1 is 1.41 bits per heavy atom. The van der Waals surface area contributed by atoms with Crippen molar-refractivity contribution < 1.29 is 0 Å². The Morgan fingerprint density at radius 3 is 2.94 bits per heavy atom. The molecule has 2 nitrogen and oxygen atoms in total. The van der Waals surface area contributed by atoms with Crippen LogP contribution in [-0.4, -0.2) is 12.6 Å². The van der Waals surface area contributed by atoms with Crippen LogP contribution in [-0.2, 0) is 0 Å². The minimum absolute atomic E-state index is 0.702. The maximum atomic E-state index is 5.80. The second kappa shape index (κ2) is 5.76. The third-order valence-electron chi connectivity index (χ3n) is 3.53. The third-order valence-corrected chi connectivity index (χ3v) is 4.17. The number of benzene rings is 1. The fourth-order valence-electron chi connectivity index (χ4n) is 2.71. The Balaban J connectivity index is 2.23. The summed E-state index contributed by atoms with van der Waals surface area (Å²) < 4.78 is 1.13. The van der Waals surface area contributed by atoms with Gasteiger partial charge < -0.3 is 10.6 Å². The van der Waals surface area contributed by atoms with Crippen molar-refractivity contribution >= 4 is 27.3 Å². The molecule has 0 aliphatic carbocycles. The summed E-state index contributed by atoms with van der Waals surface area (Å²) in [5.41, 5.74) is 7.93. The van der Waals surface area contributed by atoms with E-state index >= 15 is 0 Å². The Bertz CT molecular complexity index is 376. The van der Waals surface area contributed by atoms with Crippen molar-refractivity contribution in [2.75, 3.05) is 17.2 Å². The highest BCUT2D eigenvalue weighted by Gasteiger charge is 2.23. The van der Waals surface area contributed by atoms with Gasteiger partial charge in [-0.15, -0.1) is 0 Å². The van der Waals surface area contributed by atoms with Gasteiger partial charge in [0.2, 0.25) is 0 Å². The van der Waals surface area contributed by atoms with Crippen molar-refractivity contribution in [2.45, 2.75) is 45.1 Å². The number of nitrogens with two attached hydrogens (primary N) is 1. The van der Waals surface area contributed by atoms with Crippen molar-refractivity contribution in [2.24, 2.45) is 0 Å². The van der Waals surface area contributed by atoms with E-state index in [9.17, 15) is 0 Å². The highest BCUT2D eigenvalue weighted by Crippen LogP contribution is 2.33. The summed E-state index contributed by atoms with van der Waals surface area (Å²) in [7, 11) is 0. The number of nitrogens with zero attached hydrogens (tertiary/aromatic N) is 1. The van der Waals surface area contributed by atoms with Crippen molar-refractivity contribution in [3.05, 3.63) is 22.7 Å². The normalized spacial score (nSPS) is 20.6. The fraction of sp³-hybridized carbons (Fsp3) is 0.571. The van der Waals surface area contributed by atoms with E-state index in [0.717, 1.165) is 10.2 Å². The summed E-state index contributed by atoms with van der Waals surface area (Å²) in [5, 5.41) is 0. The third kappa shape index (κ3) is 2.95. The van der Waals surface area contributed by atoms with Crippen molar-refractivity contribution in [3.8, 4) is 0 Å². The minimum atomic E-state index is 0.702. The lowest BCUT2D eigenvalue weighted by atomic mass is 9.97. The molecule has 1 saturated heterocycles. The van der Waals surface area contributed by atoms with E-state index in [4.69, 9.17) is 5.73 Å². The predicted molar refractivity (Wildman–Crippen MR) is 78.4 cm³/mol. The molecule has 3 heteroatoms. The van der Waals surface area contributed by atoms with Crippen LogP contribution < -0.4 is 10.6 Å². The Kier molecular flexibility index (Phi) is 4.32. The van der Waals surface area contributed by atoms with Gasteiger partial charge in [0.05, 0.1) is 5.69 Å². The largest absolute Gasteiger partial charge is 0.399 e. The van der Waals surface area contributed by atoms with Crippen LogP contribution in [0.2, 0.25) is 0 Å². The van der Waals surface area contributed by atoms with Gasteiger partial charge in [-0.05, 0) is 59.8 Å². The first-order valence-electron chi connectivity index (χ1n) is 6.54.